The van der Waals surface area contributed by atoms with Gasteiger partial charge in [-0.05, 0) is 37.0 Å². The molecule has 4 rings (SSSR count). The van der Waals surface area contributed by atoms with E-state index in [1.165, 1.54) is 0 Å². The number of piperazine rings is 1. The van der Waals surface area contributed by atoms with E-state index in [0.717, 1.165) is 30.8 Å². The third-order valence-corrected chi connectivity index (χ3v) is 6.61. The number of ether oxygens (including phenoxy) is 1. The number of nitrogens with one attached hydrogen (secondary N) is 1. The second kappa shape index (κ2) is 10.6. The van der Waals surface area contributed by atoms with Gasteiger partial charge in [-0.2, -0.15) is 0 Å². The maximum atomic E-state index is 13.3. The van der Waals surface area contributed by atoms with E-state index in [1.807, 2.05) is 53.4 Å². The predicted molar refractivity (Wildman–Crippen MR) is 121 cm³/mol. The van der Waals surface area contributed by atoms with Gasteiger partial charge in [0, 0.05) is 37.8 Å². The third-order valence-electron chi connectivity index (χ3n) is 6.61. The van der Waals surface area contributed by atoms with Gasteiger partial charge in [-0.1, -0.05) is 48.5 Å². The highest BCUT2D eigenvalue weighted by atomic mass is 16.5. The van der Waals surface area contributed by atoms with Crippen molar-refractivity contribution in [2.75, 3.05) is 31.1 Å². The fourth-order valence-electron chi connectivity index (χ4n) is 4.80. The molecule has 1 aliphatic heterocycles. The summed E-state index contributed by atoms with van der Waals surface area (Å²) in [5.41, 5.74) is 4.01. The average molecular weight is 438 g/mol. The smallest absolute Gasteiger partial charge is 0.247 e. The lowest BCUT2D eigenvalue weighted by molar-refractivity contribution is -0.150. The van der Waals surface area contributed by atoms with E-state index in [1.54, 1.807) is 5.48 Å². The number of hydrogen-bond donors (Lipinski definition) is 2. The summed E-state index contributed by atoms with van der Waals surface area (Å²) in [6, 6.07) is 20.1. The standard InChI is InChI=1S/C25H31N3O4/c29-24(26-31)23-17-21(32-18-19-7-3-1-4-8-19)11-12-22(23)25(30)28-15-13-27(14-16-28)20-9-5-2-6-10-20/h1-10,21-23,31H,11-18H2,(H,26,29)/t21-,22+,23+/m1/s1. The number of hydroxylamine groups is 1. The third kappa shape index (κ3) is 5.29. The van der Waals surface area contributed by atoms with Gasteiger partial charge in [0.2, 0.25) is 11.8 Å². The van der Waals surface area contributed by atoms with Crippen LogP contribution in [0, 0.1) is 11.8 Å². The second-order valence-corrected chi connectivity index (χ2v) is 8.57. The molecule has 0 unspecified atom stereocenters. The van der Waals surface area contributed by atoms with E-state index in [9.17, 15) is 14.8 Å². The molecular weight excluding hydrogens is 406 g/mol. The van der Waals surface area contributed by atoms with Crippen molar-refractivity contribution in [1.29, 1.82) is 0 Å². The van der Waals surface area contributed by atoms with Gasteiger partial charge in [0.15, 0.2) is 0 Å². The van der Waals surface area contributed by atoms with E-state index in [-0.39, 0.29) is 12.0 Å². The molecule has 2 aliphatic rings. The van der Waals surface area contributed by atoms with Crippen LogP contribution in [0.15, 0.2) is 60.7 Å². The molecule has 0 spiro atoms. The Morgan fingerprint density at radius 3 is 2.22 bits per heavy atom. The lowest BCUT2D eigenvalue weighted by atomic mass is 9.76. The highest BCUT2D eigenvalue weighted by Crippen LogP contribution is 2.34. The molecule has 1 heterocycles. The van der Waals surface area contributed by atoms with Gasteiger partial charge < -0.3 is 14.5 Å². The van der Waals surface area contributed by atoms with Crippen molar-refractivity contribution in [1.82, 2.24) is 10.4 Å². The summed E-state index contributed by atoms with van der Waals surface area (Å²) in [6.45, 7) is 3.26. The Morgan fingerprint density at radius 1 is 0.906 bits per heavy atom. The first-order chi connectivity index (χ1) is 15.7. The Morgan fingerprint density at radius 2 is 1.56 bits per heavy atom. The van der Waals surface area contributed by atoms with E-state index in [4.69, 9.17) is 4.74 Å². The molecule has 170 valence electrons. The van der Waals surface area contributed by atoms with Gasteiger partial charge in [0.25, 0.3) is 0 Å². The maximum absolute atomic E-state index is 13.3. The summed E-state index contributed by atoms with van der Waals surface area (Å²) in [5.74, 6) is -1.51. The molecule has 0 radical (unpaired) electrons. The molecule has 2 aromatic rings. The summed E-state index contributed by atoms with van der Waals surface area (Å²) >= 11 is 0. The van der Waals surface area contributed by atoms with Crippen LogP contribution in [0.3, 0.4) is 0 Å². The van der Waals surface area contributed by atoms with Gasteiger partial charge >= 0.3 is 0 Å². The molecule has 0 aromatic heterocycles. The highest BCUT2D eigenvalue weighted by Gasteiger charge is 2.41. The fraction of sp³-hybridized carbons (Fsp3) is 0.440. The van der Waals surface area contributed by atoms with Crippen LogP contribution in [-0.2, 0) is 20.9 Å². The van der Waals surface area contributed by atoms with Gasteiger partial charge in [-0.25, -0.2) is 5.48 Å². The van der Waals surface area contributed by atoms with E-state index in [0.29, 0.717) is 32.5 Å². The van der Waals surface area contributed by atoms with Gasteiger partial charge in [-0.3, -0.25) is 14.8 Å². The highest BCUT2D eigenvalue weighted by molar-refractivity contribution is 5.87. The van der Waals surface area contributed by atoms with Crippen LogP contribution < -0.4 is 10.4 Å². The quantitative estimate of drug-likeness (QED) is 0.537. The predicted octanol–water partition coefficient (Wildman–Crippen LogP) is 2.84. The minimum Gasteiger partial charge on any atom is -0.374 e. The van der Waals surface area contributed by atoms with Gasteiger partial charge in [0.05, 0.1) is 18.6 Å². The topological polar surface area (TPSA) is 82.1 Å². The number of nitrogens with zero attached hydrogens (tertiary/aromatic N) is 2. The molecule has 1 aliphatic carbocycles. The van der Waals surface area contributed by atoms with Gasteiger partial charge in [0.1, 0.15) is 0 Å². The molecule has 1 saturated heterocycles. The first-order valence-corrected chi connectivity index (χ1v) is 11.3. The van der Waals surface area contributed by atoms with Crippen LogP contribution in [0.5, 0.6) is 0 Å². The molecule has 3 atom stereocenters. The Balaban J connectivity index is 1.34. The normalized spacial score (nSPS) is 23.6. The van der Waals surface area contributed by atoms with Crippen molar-refractivity contribution in [3.05, 3.63) is 66.2 Å². The van der Waals surface area contributed by atoms with Gasteiger partial charge in [-0.15, -0.1) is 0 Å². The van der Waals surface area contributed by atoms with Crippen LogP contribution in [-0.4, -0.2) is 54.2 Å². The van der Waals surface area contributed by atoms with Crippen LogP contribution in [0.4, 0.5) is 5.69 Å². The number of para-hydroxylation sites is 1. The van der Waals surface area contributed by atoms with Crippen LogP contribution in [0.2, 0.25) is 0 Å². The summed E-state index contributed by atoms with van der Waals surface area (Å²) in [6.07, 6.45) is 1.62. The van der Waals surface area contributed by atoms with Crippen molar-refractivity contribution in [2.24, 2.45) is 11.8 Å². The molecule has 2 N–H and O–H groups in total. The maximum Gasteiger partial charge on any atom is 0.247 e. The van der Waals surface area contributed by atoms with E-state index >= 15 is 0 Å². The molecular formula is C25H31N3O4. The minimum absolute atomic E-state index is 0.00724. The molecule has 0 bridgehead atoms. The van der Waals surface area contributed by atoms with Crippen LogP contribution in [0.1, 0.15) is 24.8 Å². The summed E-state index contributed by atoms with van der Waals surface area (Å²) < 4.78 is 6.04. The summed E-state index contributed by atoms with van der Waals surface area (Å²) in [4.78, 5) is 29.9. The molecule has 2 amide bonds. The number of hydrogen-bond acceptors (Lipinski definition) is 5. The zero-order valence-electron chi connectivity index (χ0n) is 18.2. The first-order valence-electron chi connectivity index (χ1n) is 11.3. The van der Waals surface area contributed by atoms with E-state index < -0.39 is 17.7 Å². The van der Waals surface area contributed by atoms with Crippen molar-refractivity contribution >= 4 is 17.5 Å². The number of benzene rings is 2. The number of rotatable bonds is 6. The van der Waals surface area contributed by atoms with Crippen molar-refractivity contribution < 1.29 is 19.5 Å². The number of amides is 2. The minimum atomic E-state index is -0.589. The molecule has 2 fully saturated rings. The Kier molecular flexibility index (Phi) is 7.39. The lowest BCUT2D eigenvalue weighted by Crippen LogP contribution is -2.53. The first kappa shape index (κ1) is 22.3. The largest absolute Gasteiger partial charge is 0.374 e. The Hall–Kier alpha value is -2.90. The Bertz CT molecular complexity index is 885. The SMILES string of the molecule is O=C(NO)[C@H]1C[C@H](OCc2ccccc2)CC[C@@H]1C(=O)N1CCN(c2ccccc2)CC1. The summed E-state index contributed by atoms with van der Waals surface area (Å²) in [5, 5.41) is 9.28. The zero-order chi connectivity index (χ0) is 22.3. The zero-order valence-corrected chi connectivity index (χ0v) is 18.2. The number of carbonyl (C=O) groups excluding carboxylic acids is 2. The molecule has 2 aromatic carbocycles. The average Bonchev–Trinajstić information content (AvgIpc) is 2.87. The van der Waals surface area contributed by atoms with Crippen molar-refractivity contribution in [3.8, 4) is 0 Å². The number of anilines is 1. The van der Waals surface area contributed by atoms with Crippen LogP contribution >= 0.6 is 0 Å². The molecule has 7 heteroatoms. The molecule has 32 heavy (non-hydrogen) atoms. The monoisotopic (exact) mass is 437 g/mol. The van der Waals surface area contributed by atoms with Crippen LogP contribution in [0.25, 0.3) is 0 Å². The summed E-state index contributed by atoms with van der Waals surface area (Å²) in [7, 11) is 0. The van der Waals surface area contributed by atoms with E-state index in [2.05, 4.69) is 17.0 Å². The Labute approximate surface area is 188 Å². The van der Waals surface area contributed by atoms with Crippen molar-refractivity contribution in [2.45, 2.75) is 32.0 Å². The fourth-order valence-corrected chi connectivity index (χ4v) is 4.80. The lowest BCUT2D eigenvalue weighted by Gasteiger charge is -2.40. The van der Waals surface area contributed by atoms with Crippen molar-refractivity contribution in [3.63, 3.8) is 0 Å². The molecule has 7 nitrogen and oxygen atoms in total. The number of carbonyl (C=O) groups is 2. The second-order valence-electron chi connectivity index (χ2n) is 8.57. The molecule has 1 saturated carbocycles.